The van der Waals surface area contributed by atoms with Gasteiger partial charge in [0.15, 0.2) is 5.82 Å². The molecule has 1 heterocycles. The molecule has 1 aromatic heterocycles. The fourth-order valence-corrected chi connectivity index (χ4v) is 3.87. The van der Waals surface area contributed by atoms with E-state index in [1.165, 1.54) is 0 Å². The number of hydrogen-bond donors (Lipinski definition) is 1. The monoisotopic (exact) mass is 359 g/mol. The van der Waals surface area contributed by atoms with E-state index in [0.717, 1.165) is 54.7 Å². The molecule has 0 bridgehead atoms. The third kappa shape index (κ3) is 2.81. The summed E-state index contributed by atoms with van der Waals surface area (Å²) in [7, 11) is 0. The molecule has 136 valence electrons. The van der Waals surface area contributed by atoms with Gasteiger partial charge in [-0.25, -0.2) is 4.68 Å². The maximum Gasteiger partial charge on any atom is 0.235 e. The Hall–Kier alpha value is -3.02. The van der Waals surface area contributed by atoms with Crippen LogP contribution >= 0.6 is 0 Å². The number of carbonyl (C=O) groups is 1. The molecule has 0 atom stereocenters. The van der Waals surface area contributed by atoms with Crippen molar-refractivity contribution in [3.05, 3.63) is 60.2 Å². The zero-order chi connectivity index (χ0) is 18.3. The molecule has 5 rings (SSSR count). The first kappa shape index (κ1) is 16.2. The Kier molecular flexibility index (Phi) is 3.77. The number of aromatic nitrogens is 4. The predicted molar refractivity (Wildman–Crippen MR) is 102 cm³/mol. The molecule has 0 radical (unpaired) electrons. The van der Waals surface area contributed by atoms with Gasteiger partial charge in [0.1, 0.15) is 0 Å². The van der Waals surface area contributed by atoms with Crippen LogP contribution in [0.4, 0.5) is 5.69 Å². The minimum atomic E-state index is -0.410. The average molecular weight is 359 g/mol. The predicted octanol–water partition coefficient (Wildman–Crippen LogP) is 3.74. The van der Waals surface area contributed by atoms with E-state index in [1.54, 1.807) is 0 Å². The first-order chi connectivity index (χ1) is 13.3. The van der Waals surface area contributed by atoms with Crippen molar-refractivity contribution in [2.45, 2.75) is 43.6 Å². The molecule has 27 heavy (non-hydrogen) atoms. The van der Waals surface area contributed by atoms with Crippen molar-refractivity contribution >= 4 is 11.6 Å². The Bertz CT molecular complexity index is 973. The number of hydrogen-bond acceptors (Lipinski definition) is 4. The van der Waals surface area contributed by atoms with Crippen molar-refractivity contribution < 1.29 is 4.79 Å². The fourth-order valence-electron chi connectivity index (χ4n) is 3.87. The standard InChI is InChI=1S/C21H21N5O/c27-20(21(12-5-13-21)16-7-2-1-3-8-16)22-17-9-4-6-15(14-17)19-23-24-25-26(19)18-10-11-18/h1-4,6-9,14,18H,5,10-13H2,(H,22,27). The van der Waals surface area contributed by atoms with Crippen molar-refractivity contribution in [1.82, 2.24) is 20.2 Å². The van der Waals surface area contributed by atoms with Crippen LogP contribution in [-0.4, -0.2) is 26.1 Å². The SMILES string of the molecule is O=C(Nc1cccc(-c2nnnn2C2CC2)c1)C1(c2ccccc2)CCC1. The second kappa shape index (κ2) is 6.30. The highest BCUT2D eigenvalue weighted by molar-refractivity contribution is 6.00. The Balaban J connectivity index is 1.41. The van der Waals surface area contributed by atoms with Crippen LogP contribution < -0.4 is 5.32 Å². The van der Waals surface area contributed by atoms with E-state index in [2.05, 4.69) is 33.0 Å². The molecule has 1 N–H and O–H groups in total. The maximum absolute atomic E-state index is 13.1. The average Bonchev–Trinajstić information content (AvgIpc) is 3.38. The van der Waals surface area contributed by atoms with Crippen molar-refractivity contribution in [2.24, 2.45) is 0 Å². The quantitative estimate of drug-likeness (QED) is 0.753. The molecule has 2 aromatic carbocycles. The van der Waals surface area contributed by atoms with Gasteiger partial charge >= 0.3 is 0 Å². The molecule has 6 nitrogen and oxygen atoms in total. The molecule has 2 aliphatic carbocycles. The van der Waals surface area contributed by atoms with Crippen LogP contribution in [0.25, 0.3) is 11.4 Å². The highest BCUT2D eigenvalue weighted by Gasteiger charge is 2.45. The van der Waals surface area contributed by atoms with Gasteiger partial charge in [0.05, 0.1) is 11.5 Å². The molecule has 2 fully saturated rings. The molecule has 0 saturated heterocycles. The van der Waals surface area contributed by atoms with Gasteiger partial charge in [0.25, 0.3) is 0 Å². The minimum absolute atomic E-state index is 0.0684. The Morgan fingerprint density at radius 3 is 2.59 bits per heavy atom. The fraction of sp³-hybridized carbons (Fsp3) is 0.333. The smallest absolute Gasteiger partial charge is 0.235 e. The summed E-state index contributed by atoms with van der Waals surface area (Å²) in [5.41, 5.74) is 2.40. The first-order valence-electron chi connectivity index (χ1n) is 9.52. The number of nitrogens with one attached hydrogen (secondary N) is 1. The second-order valence-corrected chi connectivity index (χ2v) is 7.51. The number of rotatable bonds is 5. The lowest BCUT2D eigenvalue weighted by molar-refractivity contribution is -0.124. The molecule has 3 aromatic rings. The van der Waals surface area contributed by atoms with Crippen LogP contribution in [-0.2, 0) is 10.2 Å². The summed E-state index contributed by atoms with van der Waals surface area (Å²) in [5.74, 6) is 0.828. The summed E-state index contributed by atoms with van der Waals surface area (Å²) < 4.78 is 1.89. The normalized spacial score (nSPS) is 17.9. The molecular formula is C21H21N5O. The Morgan fingerprint density at radius 1 is 1.07 bits per heavy atom. The van der Waals surface area contributed by atoms with E-state index in [0.29, 0.717) is 6.04 Å². The number of anilines is 1. The van der Waals surface area contributed by atoms with Gasteiger partial charge in [-0.1, -0.05) is 48.9 Å². The van der Waals surface area contributed by atoms with Crippen molar-refractivity contribution in [1.29, 1.82) is 0 Å². The number of benzene rings is 2. The lowest BCUT2D eigenvalue weighted by Gasteiger charge is -2.40. The molecular weight excluding hydrogens is 338 g/mol. The summed E-state index contributed by atoms with van der Waals surface area (Å²) in [6.07, 6.45) is 5.10. The van der Waals surface area contributed by atoms with Gasteiger partial charge in [-0.05, 0) is 53.8 Å². The van der Waals surface area contributed by atoms with Gasteiger partial charge in [0.2, 0.25) is 5.91 Å². The molecule has 2 saturated carbocycles. The van der Waals surface area contributed by atoms with Gasteiger partial charge in [0, 0.05) is 11.3 Å². The molecule has 0 aliphatic heterocycles. The van der Waals surface area contributed by atoms with E-state index < -0.39 is 5.41 Å². The third-order valence-electron chi connectivity index (χ3n) is 5.73. The van der Waals surface area contributed by atoms with Crippen LogP contribution in [0, 0.1) is 0 Å². The van der Waals surface area contributed by atoms with E-state index in [-0.39, 0.29) is 5.91 Å². The summed E-state index contributed by atoms with van der Waals surface area (Å²) in [6.45, 7) is 0. The summed E-state index contributed by atoms with van der Waals surface area (Å²) in [4.78, 5) is 13.1. The number of amides is 1. The summed E-state index contributed by atoms with van der Waals surface area (Å²) in [5, 5.41) is 15.3. The van der Waals surface area contributed by atoms with Crippen molar-refractivity contribution in [2.75, 3.05) is 5.32 Å². The summed E-state index contributed by atoms with van der Waals surface area (Å²) in [6, 6.07) is 18.3. The lowest BCUT2D eigenvalue weighted by Crippen LogP contribution is -2.45. The third-order valence-corrected chi connectivity index (χ3v) is 5.73. The highest BCUT2D eigenvalue weighted by Crippen LogP contribution is 2.44. The summed E-state index contributed by atoms with van der Waals surface area (Å²) >= 11 is 0. The number of carbonyl (C=O) groups excluding carboxylic acids is 1. The zero-order valence-corrected chi connectivity index (χ0v) is 15.0. The van der Waals surface area contributed by atoms with Gasteiger partial charge in [-0.3, -0.25) is 4.79 Å². The molecule has 1 amide bonds. The maximum atomic E-state index is 13.1. The van der Waals surface area contributed by atoms with E-state index in [9.17, 15) is 4.79 Å². The van der Waals surface area contributed by atoms with E-state index in [4.69, 9.17) is 0 Å². The van der Waals surface area contributed by atoms with Gasteiger partial charge in [-0.2, -0.15) is 0 Å². The number of tetrazole rings is 1. The van der Waals surface area contributed by atoms with E-state index in [1.807, 2.05) is 47.1 Å². The Morgan fingerprint density at radius 2 is 1.89 bits per heavy atom. The minimum Gasteiger partial charge on any atom is -0.325 e. The first-order valence-corrected chi connectivity index (χ1v) is 9.52. The lowest BCUT2D eigenvalue weighted by atomic mass is 9.64. The highest BCUT2D eigenvalue weighted by atomic mass is 16.2. The number of nitrogens with zero attached hydrogens (tertiary/aromatic N) is 4. The second-order valence-electron chi connectivity index (χ2n) is 7.51. The largest absolute Gasteiger partial charge is 0.325 e. The van der Waals surface area contributed by atoms with Crippen molar-refractivity contribution in [3.63, 3.8) is 0 Å². The molecule has 2 aliphatic rings. The Labute approximate surface area is 157 Å². The van der Waals surface area contributed by atoms with E-state index >= 15 is 0 Å². The molecule has 0 unspecified atom stereocenters. The molecule has 6 heteroatoms. The van der Waals surface area contributed by atoms with Crippen LogP contribution in [0.3, 0.4) is 0 Å². The van der Waals surface area contributed by atoms with Crippen LogP contribution in [0.1, 0.15) is 43.7 Å². The molecule has 0 spiro atoms. The van der Waals surface area contributed by atoms with Crippen molar-refractivity contribution in [3.8, 4) is 11.4 Å². The topological polar surface area (TPSA) is 72.7 Å². The van der Waals surface area contributed by atoms with Crippen LogP contribution in [0.2, 0.25) is 0 Å². The van der Waals surface area contributed by atoms with Gasteiger partial charge in [-0.15, -0.1) is 5.10 Å². The zero-order valence-electron chi connectivity index (χ0n) is 15.0. The van der Waals surface area contributed by atoms with Gasteiger partial charge < -0.3 is 5.32 Å². The van der Waals surface area contributed by atoms with Crippen LogP contribution in [0.15, 0.2) is 54.6 Å². The van der Waals surface area contributed by atoms with Crippen LogP contribution in [0.5, 0.6) is 0 Å².